The molecule has 2 aliphatic rings. The van der Waals surface area contributed by atoms with Gasteiger partial charge < -0.3 is 15.1 Å². The van der Waals surface area contributed by atoms with Gasteiger partial charge in [0.2, 0.25) is 5.91 Å². The van der Waals surface area contributed by atoms with Gasteiger partial charge in [-0.25, -0.2) is 0 Å². The van der Waals surface area contributed by atoms with Crippen LogP contribution < -0.4 is 5.32 Å². The first-order chi connectivity index (χ1) is 14.8. The summed E-state index contributed by atoms with van der Waals surface area (Å²) < 4.78 is 0. The molecule has 4 rings (SSSR count). The van der Waals surface area contributed by atoms with Crippen molar-refractivity contribution in [1.29, 1.82) is 0 Å². The van der Waals surface area contributed by atoms with Crippen molar-refractivity contribution in [2.75, 3.05) is 12.4 Å². The van der Waals surface area contributed by atoms with Crippen LogP contribution in [0, 0.1) is 6.92 Å². The van der Waals surface area contributed by atoms with Crippen LogP contribution in [0.5, 0.6) is 0 Å². The van der Waals surface area contributed by atoms with Crippen LogP contribution in [0.2, 0.25) is 0 Å². The Balaban J connectivity index is 1.49. The highest BCUT2D eigenvalue weighted by molar-refractivity contribution is 5.98. The van der Waals surface area contributed by atoms with Crippen LogP contribution in [0.15, 0.2) is 48.5 Å². The fraction of sp³-hybridized carbons (Fsp3) is 0.400. The van der Waals surface area contributed by atoms with E-state index in [2.05, 4.69) is 5.32 Å². The number of amides is 3. The van der Waals surface area contributed by atoms with Gasteiger partial charge in [0.05, 0.1) is 0 Å². The van der Waals surface area contributed by atoms with Crippen LogP contribution >= 0.6 is 0 Å². The molecule has 0 saturated carbocycles. The normalized spacial score (nSPS) is 22.2. The zero-order valence-corrected chi connectivity index (χ0v) is 18.3. The minimum Gasteiger partial charge on any atom is -0.339 e. The molecule has 2 bridgehead atoms. The molecule has 2 atom stereocenters. The van der Waals surface area contributed by atoms with E-state index in [1.54, 1.807) is 6.07 Å². The van der Waals surface area contributed by atoms with E-state index < -0.39 is 0 Å². The lowest BCUT2D eigenvalue weighted by Gasteiger charge is -2.42. The fourth-order valence-corrected chi connectivity index (χ4v) is 4.97. The third-order valence-corrected chi connectivity index (χ3v) is 6.63. The minimum absolute atomic E-state index is 0.00888. The zero-order chi connectivity index (χ0) is 22.1. The van der Waals surface area contributed by atoms with Gasteiger partial charge in [-0.2, -0.15) is 0 Å². The second kappa shape index (κ2) is 8.53. The van der Waals surface area contributed by atoms with Gasteiger partial charge in [0.15, 0.2) is 0 Å². The smallest absolute Gasteiger partial charge is 0.254 e. The van der Waals surface area contributed by atoms with Crippen LogP contribution in [0.25, 0.3) is 0 Å². The van der Waals surface area contributed by atoms with Gasteiger partial charge in [0, 0.05) is 48.9 Å². The van der Waals surface area contributed by atoms with Gasteiger partial charge in [-0.05, 0) is 62.4 Å². The molecule has 2 fully saturated rings. The predicted molar refractivity (Wildman–Crippen MR) is 120 cm³/mol. The molecule has 2 heterocycles. The van der Waals surface area contributed by atoms with Gasteiger partial charge in [0.1, 0.15) is 0 Å². The molecule has 2 aromatic rings. The molecule has 2 aromatic carbocycles. The summed E-state index contributed by atoms with van der Waals surface area (Å²) in [6.07, 6.45) is 3.51. The monoisotopic (exact) mass is 419 g/mol. The number of piperidine rings is 1. The standard InChI is InChI=1S/C25H29N3O3/c1-16-9-10-19(13-23(16)26-17(2)29)25(31)28-20-11-12-21(28)15-22(14-20)27(3)24(30)18-7-5-4-6-8-18/h4-10,13,20-22H,11-12,14-15H2,1-3H3,(H,26,29). The molecule has 2 aliphatic heterocycles. The second-order valence-electron chi connectivity index (χ2n) is 8.72. The molecule has 0 radical (unpaired) electrons. The molecule has 2 saturated heterocycles. The van der Waals surface area contributed by atoms with E-state index in [-0.39, 0.29) is 35.8 Å². The van der Waals surface area contributed by atoms with E-state index in [0.29, 0.717) is 16.8 Å². The van der Waals surface area contributed by atoms with Crippen molar-refractivity contribution in [3.8, 4) is 0 Å². The number of carbonyl (C=O) groups is 3. The van der Waals surface area contributed by atoms with Gasteiger partial charge in [-0.1, -0.05) is 24.3 Å². The average molecular weight is 420 g/mol. The Bertz CT molecular complexity index is 990. The molecular weight excluding hydrogens is 390 g/mol. The first-order valence-electron chi connectivity index (χ1n) is 10.9. The number of anilines is 1. The van der Waals surface area contributed by atoms with Gasteiger partial charge in [-0.3, -0.25) is 14.4 Å². The highest BCUT2D eigenvalue weighted by Gasteiger charge is 2.45. The molecule has 0 spiro atoms. The number of hydrogen-bond donors (Lipinski definition) is 1. The van der Waals surface area contributed by atoms with E-state index in [4.69, 9.17) is 0 Å². The van der Waals surface area contributed by atoms with E-state index in [1.165, 1.54) is 6.92 Å². The Kier molecular flexibility index (Phi) is 5.81. The number of nitrogens with one attached hydrogen (secondary N) is 1. The molecule has 6 heteroatoms. The summed E-state index contributed by atoms with van der Waals surface area (Å²) in [7, 11) is 1.87. The Morgan fingerprint density at radius 3 is 2.23 bits per heavy atom. The number of benzene rings is 2. The second-order valence-corrected chi connectivity index (χ2v) is 8.72. The van der Waals surface area contributed by atoms with Crippen molar-refractivity contribution >= 4 is 23.4 Å². The maximum absolute atomic E-state index is 13.4. The Morgan fingerprint density at radius 2 is 1.61 bits per heavy atom. The minimum atomic E-state index is -0.153. The molecule has 0 aliphatic carbocycles. The van der Waals surface area contributed by atoms with Gasteiger partial charge in [-0.15, -0.1) is 0 Å². The topological polar surface area (TPSA) is 69.7 Å². The summed E-state index contributed by atoms with van der Waals surface area (Å²) in [4.78, 5) is 41.6. The van der Waals surface area contributed by atoms with Crippen molar-refractivity contribution in [3.05, 3.63) is 65.2 Å². The van der Waals surface area contributed by atoms with E-state index in [9.17, 15) is 14.4 Å². The van der Waals surface area contributed by atoms with Crippen molar-refractivity contribution in [2.24, 2.45) is 0 Å². The lowest BCUT2D eigenvalue weighted by atomic mass is 9.94. The molecule has 2 unspecified atom stereocenters. The van der Waals surface area contributed by atoms with E-state index in [0.717, 1.165) is 31.2 Å². The lowest BCUT2D eigenvalue weighted by molar-refractivity contribution is -0.114. The predicted octanol–water partition coefficient (Wildman–Crippen LogP) is 3.86. The number of rotatable bonds is 4. The van der Waals surface area contributed by atoms with Crippen LogP contribution in [-0.2, 0) is 4.79 Å². The first kappa shape index (κ1) is 21.1. The molecule has 162 valence electrons. The third kappa shape index (κ3) is 4.20. The molecule has 1 N–H and O–H groups in total. The number of hydrogen-bond acceptors (Lipinski definition) is 3. The van der Waals surface area contributed by atoms with Crippen molar-refractivity contribution in [1.82, 2.24) is 9.80 Å². The Hall–Kier alpha value is -3.15. The molecule has 0 aromatic heterocycles. The number of carbonyl (C=O) groups excluding carboxylic acids is 3. The van der Waals surface area contributed by atoms with Crippen LogP contribution in [0.4, 0.5) is 5.69 Å². The first-order valence-corrected chi connectivity index (χ1v) is 10.9. The maximum atomic E-state index is 13.4. The number of nitrogens with zero attached hydrogens (tertiary/aromatic N) is 2. The van der Waals surface area contributed by atoms with Crippen LogP contribution in [-0.4, -0.2) is 52.7 Å². The Labute approximate surface area is 183 Å². The molecule has 31 heavy (non-hydrogen) atoms. The van der Waals surface area contributed by atoms with Crippen LogP contribution in [0.1, 0.15) is 58.9 Å². The Morgan fingerprint density at radius 1 is 0.968 bits per heavy atom. The molecule has 3 amide bonds. The highest BCUT2D eigenvalue weighted by Crippen LogP contribution is 2.39. The van der Waals surface area contributed by atoms with Gasteiger partial charge >= 0.3 is 0 Å². The number of fused-ring (bicyclic) bond motifs is 2. The summed E-state index contributed by atoms with van der Waals surface area (Å²) in [5, 5.41) is 2.81. The molecular formula is C25H29N3O3. The highest BCUT2D eigenvalue weighted by atomic mass is 16.2. The van der Waals surface area contributed by atoms with E-state index >= 15 is 0 Å². The summed E-state index contributed by atoms with van der Waals surface area (Å²) in [5.74, 6) is -0.113. The lowest BCUT2D eigenvalue weighted by Crippen LogP contribution is -2.52. The third-order valence-electron chi connectivity index (χ3n) is 6.63. The maximum Gasteiger partial charge on any atom is 0.254 e. The van der Waals surface area contributed by atoms with Crippen molar-refractivity contribution < 1.29 is 14.4 Å². The van der Waals surface area contributed by atoms with Crippen LogP contribution in [0.3, 0.4) is 0 Å². The van der Waals surface area contributed by atoms with E-state index in [1.807, 2.05) is 66.2 Å². The quantitative estimate of drug-likeness (QED) is 0.818. The molecule has 6 nitrogen and oxygen atoms in total. The summed E-state index contributed by atoms with van der Waals surface area (Å²) in [6.45, 7) is 3.38. The summed E-state index contributed by atoms with van der Waals surface area (Å²) in [6, 6.07) is 15.2. The van der Waals surface area contributed by atoms with Crippen molar-refractivity contribution in [2.45, 2.75) is 57.7 Å². The van der Waals surface area contributed by atoms with Gasteiger partial charge in [0.25, 0.3) is 11.8 Å². The number of aryl methyl sites for hydroxylation is 1. The SMILES string of the molecule is CC(=O)Nc1cc(C(=O)N2C3CCC2CC(N(C)C(=O)c2ccccc2)C3)ccc1C. The zero-order valence-electron chi connectivity index (χ0n) is 18.3. The summed E-state index contributed by atoms with van der Waals surface area (Å²) >= 11 is 0. The fourth-order valence-electron chi connectivity index (χ4n) is 4.97. The largest absolute Gasteiger partial charge is 0.339 e. The average Bonchev–Trinajstić information content (AvgIpc) is 3.03. The summed E-state index contributed by atoms with van der Waals surface area (Å²) in [5.41, 5.74) is 2.89. The van der Waals surface area contributed by atoms with Crippen molar-refractivity contribution in [3.63, 3.8) is 0 Å².